The molecular formula is C73H42N8. The molecule has 15 rings (SSSR count). The van der Waals surface area contributed by atoms with Crippen LogP contribution >= 0.6 is 0 Å². The fourth-order valence-electron chi connectivity index (χ4n) is 11.9. The summed E-state index contributed by atoms with van der Waals surface area (Å²) in [6.07, 6.45) is 0. The summed E-state index contributed by atoms with van der Waals surface area (Å²) >= 11 is 0. The lowest BCUT2D eigenvalue weighted by molar-refractivity contribution is 1.16. The lowest BCUT2D eigenvalue weighted by atomic mass is 9.96. The van der Waals surface area contributed by atoms with E-state index in [2.05, 4.69) is 193 Å². The smallest absolute Gasteiger partial charge is 0.188 e. The Morgan fingerprint density at radius 2 is 0.704 bits per heavy atom. The molecule has 4 heterocycles. The van der Waals surface area contributed by atoms with Crippen LogP contribution in [0.15, 0.2) is 255 Å². The fourth-order valence-corrected chi connectivity index (χ4v) is 11.9. The van der Waals surface area contributed by atoms with Crippen molar-refractivity contribution in [3.63, 3.8) is 0 Å². The summed E-state index contributed by atoms with van der Waals surface area (Å²) in [5.41, 5.74) is 19.4. The summed E-state index contributed by atoms with van der Waals surface area (Å²) in [5, 5.41) is 17.2. The average molecular weight is 1030 g/mol. The van der Waals surface area contributed by atoms with E-state index in [4.69, 9.17) is 23.1 Å². The van der Waals surface area contributed by atoms with Gasteiger partial charge in [0.1, 0.15) is 0 Å². The second kappa shape index (κ2) is 18.8. The quantitative estimate of drug-likeness (QED) is 0.142. The summed E-state index contributed by atoms with van der Waals surface area (Å²) in [6, 6.07) is 89.9. The molecule has 0 radical (unpaired) electrons. The normalized spacial score (nSPS) is 11.4. The van der Waals surface area contributed by atoms with Gasteiger partial charge in [0.15, 0.2) is 17.2 Å². The topological polar surface area (TPSA) is 73.1 Å². The van der Waals surface area contributed by atoms with E-state index in [1.54, 1.807) is 0 Å². The van der Waals surface area contributed by atoms with Gasteiger partial charge in [0.25, 0.3) is 0 Å². The van der Waals surface area contributed by atoms with Crippen LogP contribution in [0.2, 0.25) is 0 Å². The van der Waals surface area contributed by atoms with Gasteiger partial charge in [0.2, 0.25) is 0 Å². The van der Waals surface area contributed by atoms with Crippen molar-refractivity contribution in [1.82, 2.24) is 23.7 Å². The number of fused-ring (bicyclic) bond motifs is 9. The molecule has 81 heavy (non-hydrogen) atoms. The highest BCUT2D eigenvalue weighted by Crippen LogP contribution is 2.42. The Labute approximate surface area is 465 Å². The van der Waals surface area contributed by atoms with Gasteiger partial charge in [-0.05, 0) is 124 Å². The molecule has 4 aromatic heterocycles. The van der Waals surface area contributed by atoms with E-state index in [0.717, 1.165) is 133 Å². The van der Waals surface area contributed by atoms with Crippen molar-refractivity contribution >= 4 is 76.8 Å². The molecule has 0 N–H and O–H groups in total. The van der Waals surface area contributed by atoms with Crippen LogP contribution in [0.5, 0.6) is 0 Å². The highest BCUT2D eigenvalue weighted by Gasteiger charge is 2.21. The first-order valence-electron chi connectivity index (χ1n) is 26.7. The molecule has 374 valence electrons. The van der Waals surface area contributed by atoms with Gasteiger partial charge < -0.3 is 13.7 Å². The molecule has 0 fully saturated rings. The molecule has 0 saturated heterocycles. The van der Waals surface area contributed by atoms with Crippen molar-refractivity contribution in [1.29, 1.82) is 5.26 Å². The Hall–Kier alpha value is -11.6. The largest absolute Gasteiger partial charge is 0.309 e. The van der Waals surface area contributed by atoms with Crippen LogP contribution in [0.25, 0.3) is 148 Å². The molecule has 15 aromatic rings. The van der Waals surface area contributed by atoms with Crippen LogP contribution in [-0.2, 0) is 0 Å². The third-order valence-electron chi connectivity index (χ3n) is 15.7. The van der Waals surface area contributed by atoms with Crippen molar-refractivity contribution in [2.75, 3.05) is 0 Å². The maximum Gasteiger partial charge on any atom is 0.188 e. The molecule has 8 heteroatoms. The highest BCUT2D eigenvalue weighted by molar-refractivity contribution is 6.14. The lowest BCUT2D eigenvalue weighted by Gasteiger charge is -2.13. The van der Waals surface area contributed by atoms with Crippen LogP contribution in [0.3, 0.4) is 0 Å². The van der Waals surface area contributed by atoms with Crippen LogP contribution < -0.4 is 0 Å². The molecule has 0 aliphatic heterocycles. The van der Waals surface area contributed by atoms with Gasteiger partial charge in [0, 0.05) is 55.3 Å². The molecule has 8 nitrogen and oxygen atoms in total. The van der Waals surface area contributed by atoms with Crippen molar-refractivity contribution in [3.8, 4) is 79.3 Å². The first kappa shape index (κ1) is 46.7. The summed E-state index contributed by atoms with van der Waals surface area (Å²) in [5.74, 6) is 0.679. The second-order valence-electron chi connectivity index (χ2n) is 20.3. The van der Waals surface area contributed by atoms with Crippen LogP contribution in [0.1, 0.15) is 5.56 Å². The van der Waals surface area contributed by atoms with Gasteiger partial charge in [0.05, 0.1) is 69.3 Å². The van der Waals surface area contributed by atoms with E-state index < -0.39 is 0 Å². The van der Waals surface area contributed by atoms with Gasteiger partial charge >= 0.3 is 0 Å². The molecule has 0 unspecified atom stereocenters. The first-order valence-corrected chi connectivity index (χ1v) is 26.7. The van der Waals surface area contributed by atoms with Gasteiger partial charge in [-0.3, -0.25) is 0 Å². The van der Waals surface area contributed by atoms with E-state index in [1.807, 2.05) is 91.0 Å². The number of rotatable bonds is 8. The molecule has 0 atom stereocenters. The Balaban J connectivity index is 0.823. The molecule has 0 bridgehead atoms. The highest BCUT2D eigenvalue weighted by atomic mass is 15.0. The maximum absolute atomic E-state index is 10.9. The molecule has 0 aliphatic rings. The SMILES string of the molecule is [C-]#[N+]c1ccc2c(c1)c1ccccc1n2-c1ccc2c(c1)c1cc(-n3c4ccccc4c4cc([N+]#[C-])ccc43)ccc1n2-c1ccc(-c2ccc(-c3ccc(-c4cc(-c5ccccc5)nc(-c5ccccc5)n4)cc3)cc2)c(C#N)c1. The third-order valence-corrected chi connectivity index (χ3v) is 15.7. The number of para-hydroxylation sites is 2. The number of aromatic nitrogens is 5. The van der Waals surface area contributed by atoms with Crippen LogP contribution in [-0.4, -0.2) is 23.7 Å². The zero-order valence-electron chi connectivity index (χ0n) is 43.3. The van der Waals surface area contributed by atoms with Crippen molar-refractivity contribution < 1.29 is 0 Å². The summed E-state index contributed by atoms with van der Waals surface area (Å²) in [6.45, 7) is 15.6. The number of nitriles is 1. The number of nitrogens with zero attached hydrogens (tertiary/aromatic N) is 8. The Bertz CT molecular complexity index is 4930. The summed E-state index contributed by atoms with van der Waals surface area (Å²) in [4.78, 5) is 17.5. The molecule has 11 aromatic carbocycles. The van der Waals surface area contributed by atoms with Crippen molar-refractivity contribution in [2.24, 2.45) is 0 Å². The Kier molecular flexibility index (Phi) is 10.8. The van der Waals surface area contributed by atoms with Crippen LogP contribution in [0.4, 0.5) is 11.4 Å². The predicted octanol–water partition coefficient (Wildman–Crippen LogP) is 19.1. The number of hydrogen-bond donors (Lipinski definition) is 0. The average Bonchev–Trinajstić information content (AvgIpc) is 4.12. The van der Waals surface area contributed by atoms with Gasteiger partial charge in [-0.25, -0.2) is 19.7 Å². The van der Waals surface area contributed by atoms with Crippen molar-refractivity contribution in [3.05, 3.63) is 283 Å². The summed E-state index contributed by atoms with van der Waals surface area (Å²) in [7, 11) is 0. The molecule has 0 amide bonds. The number of benzene rings is 11. The first-order chi connectivity index (χ1) is 40.0. The van der Waals surface area contributed by atoms with E-state index in [1.165, 1.54) is 0 Å². The zero-order chi connectivity index (χ0) is 54.1. The minimum Gasteiger partial charge on any atom is -0.309 e. The van der Waals surface area contributed by atoms with E-state index >= 15 is 0 Å². The monoisotopic (exact) mass is 1030 g/mol. The number of hydrogen-bond acceptors (Lipinski definition) is 3. The maximum atomic E-state index is 10.9. The minimum absolute atomic E-state index is 0.565. The standard InChI is InChI=1S/C73H42N8/c1-75-53-29-35-69-61(40-53)59-17-9-11-19-67(59)80(69)56-32-37-71-63(42-56)64-43-57(81-68-20-12-10-18-60(68)62-41-54(76-2)30-36-70(62)81)33-38-72(64)79(71)55-31-34-58(52(39-55)45-74)48-25-21-46(22-26-48)47-23-27-50(28-24-47)66-44-65(49-13-5-3-6-14-49)77-73(78-66)51-15-7-4-8-16-51/h3-44H. The van der Waals surface area contributed by atoms with E-state index in [-0.39, 0.29) is 0 Å². The zero-order valence-corrected chi connectivity index (χ0v) is 43.3. The predicted molar refractivity (Wildman–Crippen MR) is 329 cm³/mol. The van der Waals surface area contributed by atoms with Gasteiger partial charge in [-0.2, -0.15) is 5.26 Å². The lowest BCUT2D eigenvalue weighted by Crippen LogP contribution is -1.97. The van der Waals surface area contributed by atoms with Crippen LogP contribution in [0, 0.1) is 24.5 Å². The Morgan fingerprint density at radius 1 is 0.321 bits per heavy atom. The minimum atomic E-state index is 0.565. The van der Waals surface area contributed by atoms with Gasteiger partial charge in [-0.1, -0.05) is 164 Å². The van der Waals surface area contributed by atoms with E-state index in [9.17, 15) is 5.26 Å². The fraction of sp³-hybridized carbons (Fsp3) is 0. The second-order valence-corrected chi connectivity index (χ2v) is 20.3. The molecular weight excluding hydrogens is 989 g/mol. The molecule has 0 aliphatic carbocycles. The molecule has 0 saturated carbocycles. The van der Waals surface area contributed by atoms with Gasteiger partial charge in [-0.15, -0.1) is 0 Å². The van der Waals surface area contributed by atoms with E-state index in [0.29, 0.717) is 22.8 Å². The molecule has 0 spiro atoms. The Morgan fingerprint density at radius 3 is 1.20 bits per heavy atom. The van der Waals surface area contributed by atoms with Crippen molar-refractivity contribution in [2.45, 2.75) is 0 Å². The summed E-state index contributed by atoms with van der Waals surface area (Å²) < 4.78 is 6.85. The third kappa shape index (κ3) is 7.73.